The lowest BCUT2D eigenvalue weighted by atomic mass is 10.0. The molecule has 0 spiro atoms. The summed E-state index contributed by atoms with van der Waals surface area (Å²) in [5.74, 6) is -0.0252. The third-order valence-electron chi connectivity index (χ3n) is 3.45. The molecular formula is C16H21FN2OS. The molecule has 114 valence electrons. The van der Waals surface area contributed by atoms with E-state index in [-0.39, 0.29) is 11.9 Å². The predicted molar refractivity (Wildman–Crippen MR) is 84.4 cm³/mol. The van der Waals surface area contributed by atoms with Gasteiger partial charge >= 0.3 is 0 Å². The predicted octanol–water partition coefficient (Wildman–Crippen LogP) is 3.49. The summed E-state index contributed by atoms with van der Waals surface area (Å²) in [7, 11) is 0. The van der Waals surface area contributed by atoms with Crippen molar-refractivity contribution in [3.8, 4) is 5.75 Å². The molecule has 1 aromatic heterocycles. The van der Waals surface area contributed by atoms with Gasteiger partial charge in [0.2, 0.25) is 0 Å². The molecule has 0 fully saturated rings. The molecule has 0 saturated heterocycles. The van der Waals surface area contributed by atoms with Gasteiger partial charge in [0.05, 0.1) is 17.8 Å². The second-order valence-electron chi connectivity index (χ2n) is 5.10. The number of halogens is 1. The maximum absolute atomic E-state index is 14.0. The number of aryl methyl sites for hydroxylation is 1. The Morgan fingerprint density at radius 2 is 2.24 bits per heavy atom. The summed E-state index contributed by atoms with van der Waals surface area (Å²) in [6, 6.07) is 5.16. The Morgan fingerprint density at radius 1 is 1.43 bits per heavy atom. The van der Waals surface area contributed by atoms with E-state index in [1.807, 2.05) is 25.4 Å². The molecule has 0 radical (unpaired) electrons. The van der Waals surface area contributed by atoms with Crippen molar-refractivity contribution in [2.24, 2.45) is 5.73 Å². The Morgan fingerprint density at radius 3 is 2.86 bits per heavy atom. The van der Waals surface area contributed by atoms with Gasteiger partial charge in [-0.05, 0) is 37.5 Å². The molecule has 2 rings (SSSR count). The van der Waals surface area contributed by atoms with E-state index in [1.54, 1.807) is 17.4 Å². The Bertz CT molecular complexity index is 585. The van der Waals surface area contributed by atoms with Crippen LogP contribution in [0.2, 0.25) is 0 Å². The van der Waals surface area contributed by atoms with Gasteiger partial charge in [-0.15, -0.1) is 11.3 Å². The van der Waals surface area contributed by atoms with Gasteiger partial charge in [-0.1, -0.05) is 13.0 Å². The minimum atomic E-state index is -0.322. The van der Waals surface area contributed by atoms with Crippen molar-refractivity contribution in [2.75, 3.05) is 6.61 Å². The molecule has 2 N–H and O–H groups in total. The van der Waals surface area contributed by atoms with E-state index in [2.05, 4.69) is 4.98 Å². The van der Waals surface area contributed by atoms with Gasteiger partial charge in [0.1, 0.15) is 0 Å². The quantitative estimate of drug-likeness (QED) is 0.851. The van der Waals surface area contributed by atoms with Gasteiger partial charge in [0.25, 0.3) is 0 Å². The van der Waals surface area contributed by atoms with Crippen molar-refractivity contribution in [3.05, 3.63) is 45.7 Å². The van der Waals surface area contributed by atoms with Crippen molar-refractivity contribution in [1.82, 2.24) is 4.98 Å². The molecule has 21 heavy (non-hydrogen) atoms. The van der Waals surface area contributed by atoms with Crippen LogP contribution in [-0.2, 0) is 12.8 Å². The highest BCUT2D eigenvalue weighted by Crippen LogP contribution is 2.20. The molecule has 1 heterocycles. The lowest BCUT2D eigenvalue weighted by molar-refractivity contribution is 0.305. The van der Waals surface area contributed by atoms with Gasteiger partial charge in [-0.2, -0.15) is 0 Å². The standard InChI is InChI=1S/C16H21FN2OS/c1-3-13(18)8-12-4-5-15(14(17)9-12)20-7-6-16-11(2)19-10-21-16/h4-5,9-10,13H,3,6-8,18H2,1-2H3. The molecule has 0 aliphatic heterocycles. The molecule has 5 heteroatoms. The Balaban J connectivity index is 1.90. The fourth-order valence-electron chi connectivity index (χ4n) is 2.06. The Hall–Kier alpha value is -1.46. The van der Waals surface area contributed by atoms with Crippen LogP contribution >= 0.6 is 11.3 Å². The normalized spacial score (nSPS) is 12.4. The molecule has 1 atom stereocenters. The maximum atomic E-state index is 14.0. The van der Waals surface area contributed by atoms with Crippen LogP contribution in [0.15, 0.2) is 23.7 Å². The average Bonchev–Trinajstić information content (AvgIpc) is 2.86. The van der Waals surface area contributed by atoms with Gasteiger partial charge in [-0.3, -0.25) is 0 Å². The lowest BCUT2D eigenvalue weighted by Crippen LogP contribution is -2.21. The van der Waals surface area contributed by atoms with Crippen LogP contribution in [0.25, 0.3) is 0 Å². The number of aromatic nitrogens is 1. The fraction of sp³-hybridized carbons (Fsp3) is 0.438. The van der Waals surface area contributed by atoms with Crippen LogP contribution in [0.5, 0.6) is 5.75 Å². The van der Waals surface area contributed by atoms with Crippen LogP contribution in [0.3, 0.4) is 0 Å². The van der Waals surface area contributed by atoms with Crippen LogP contribution in [-0.4, -0.2) is 17.6 Å². The van der Waals surface area contributed by atoms with E-state index >= 15 is 0 Å². The fourth-order valence-corrected chi connectivity index (χ4v) is 2.82. The SMILES string of the molecule is CCC(N)Cc1ccc(OCCc2scnc2C)c(F)c1. The number of hydrogen-bond acceptors (Lipinski definition) is 4. The van der Waals surface area contributed by atoms with E-state index < -0.39 is 0 Å². The largest absolute Gasteiger partial charge is 0.490 e. The van der Waals surface area contributed by atoms with Crippen LogP contribution in [0.1, 0.15) is 29.5 Å². The van der Waals surface area contributed by atoms with Gasteiger partial charge in [0, 0.05) is 17.3 Å². The topological polar surface area (TPSA) is 48.1 Å². The summed E-state index contributed by atoms with van der Waals surface area (Å²) in [6.07, 6.45) is 2.32. The molecular weight excluding hydrogens is 287 g/mol. The second-order valence-corrected chi connectivity index (χ2v) is 6.04. The number of thiazole rings is 1. The molecule has 0 bridgehead atoms. The zero-order valence-electron chi connectivity index (χ0n) is 12.4. The number of ether oxygens (including phenoxy) is 1. The second kappa shape index (κ2) is 7.52. The summed E-state index contributed by atoms with van der Waals surface area (Å²) in [5, 5.41) is 0. The van der Waals surface area contributed by atoms with E-state index in [9.17, 15) is 4.39 Å². The van der Waals surface area contributed by atoms with Crippen molar-refractivity contribution in [2.45, 2.75) is 39.2 Å². The molecule has 1 unspecified atom stereocenters. The maximum Gasteiger partial charge on any atom is 0.165 e. The first-order valence-corrected chi connectivity index (χ1v) is 8.04. The van der Waals surface area contributed by atoms with Gasteiger partial charge < -0.3 is 10.5 Å². The number of rotatable bonds is 7. The first kappa shape index (κ1) is 15.9. The van der Waals surface area contributed by atoms with Crippen molar-refractivity contribution < 1.29 is 9.13 Å². The molecule has 3 nitrogen and oxygen atoms in total. The summed E-state index contributed by atoms with van der Waals surface area (Å²) in [5.41, 5.74) is 9.63. The van der Waals surface area contributed by atoms with Crippen LogP contribution in [0.4, 0.5) is 4.39 Å². The number of nitrogens with two attached hydrogens (primary N) is 1. The van der Waals surface area contributed by atoms with E-state index in [1.165, 1.54) is 10.9 Å². The molecule has 1 aromatic carbocycles. The zero-order valence-corrected chi connectivity index (χ0v) is 13.3. The average molecular weight is 308 g/mol. The Kier molecular flexibility index (Phi) is 5.70. The molecule has 0 aliphatic rings. The van der Waals surface area contributed by atoms with Crippen molar-refractivity contribution >= 4 is 11.3 Å². The van der Waals surface area contributed by atoms with E-state index in [0.717, 1.165) is 24.1 Å². The summed E-state index contributed by atoms with van der Waals surface area (Å²) in [4.78, 5) is 5.37. The minimum Gasteiger partial charge on any atom is -0.490 e. The van der Waals surface area contributed by atoms with Gasteiger partial charge in [-0.25, -0.2) is 9.37 Å². The number of hydrogen-bond donors (Lipinski definition) is 1. The first-order chi connectivity index (χ1) is 10.1. The third kappa shape index (κ3) is 4.51. The van der Waals surface area contributed by atoms with E-state index in [0.29, 0.717) is 18.8 Å². The minimum absolute atomic E-state index is 0.0745. The summed E-state index contributed by atoms with van der Waals surface area (Å²) in [6.45, 7) is 4.45. The smallest absolute Gasteiger partial charge is 0.165 e. The highest BCUT2D eigenvalue weighted by Gasteiger charge is 2.08. The first-order valence-electron chi connectivity index (χ1n) is 7.16. The monoisotopic (exact) mass is 308 g/mol. The van der Waals surface area contributed by atoms with Crippen LogP contribution < -0.4 is 10.5 Å². The highest BCUT2D eigenvalue weighted by molar-refractivity contribution is 7.09. The number of nitrogens with zero attached hydrogens (tertiary/aromatic N) is 1. The molecule has 2 aromatic rings. The lowest BCUT2D eigenvalue weighted by Gasteiger charge is -2.11. The van der Waals surface area contributed by atoms with Crippen molar-refractivity contribution in [3.63, 3.8) is 0 Å². The van der Waals surface area contributed by atoms with Crippen LogP contribution in [0, 0.1) is 12.7 Å². The third-order valence-corrected chi connectivity index (χ3v) is 4.44. The molecule has 0 amide bonds. The Labute approximate surface area is 129 Å². The van der Waals surface area contributed by atoms with Gasteiger partial charge in [0.15, 0.2) is 11.6 Å². The van der Waals surface area contributed by atoms with E-state index in [4.69, 9.17) is 10.5 Å². The number of benzene rings is 1. The zero-order chi connectivity index (χ0) is 15.2. The summed E-state index contributed by atoms with van der Waals surface area (Å²) < 4.78 is 19.5. The molecule has 0 aliphatic carbocycles. The summed E-state index contributed by atoms with van der Waals surface area (Å²) >= 11 is 1.60. The highest BCUT2D eigenvalue weighted by atomic mass is 32.1. The van der Waals surface area contributed by atoms with Crippen molar-refractivity contribution in [1.29, 1.82) is 0 Å². The molecule has 0 saturated carbocycles.